The van der Waals surface area contributed by atoms with E-state index < -0.39 is 0 Å². The Labute approximate surface area is 191 Å². The topological polar surface area (TPSA) is 71.7 Å². The lowest BCUT2D eigenvalue weighted by Gasteiger charge is -2.27. The smallest absolute Gasteiger partial charge is 0.216 e. The molecular weight excluding hydrogens is 479 g/mol. The third-order valence-electron chi connectivity index (χ3n) is 4.58. The van der Waals surface area contributed by atoms with Crippen LogP contribution in [0.15, 0.2) is 39.9 Å². The summed E-state index contributed by atoms with van der Waals surface area (Å²) in [4.78, 5) is 8.97. The van der Waals surface area contributed by atoms with Crippen LogP contribution in [0.25, 0.3) is 0 Å². The van der Waals surface area contributed by atoms with Crippen LogP contribution in [0.3, 0.4) is 0 Å². The third-order valence-corrected chi connectivity index (χ3v) is 4.58. The van der Waals surface area contributed by atoms with Gasteiger partial charge in [-0.3, -0.25) is 0 Å². The molecule has 0 aliphatic rings. The van der Waals surface area contributed by atoms with E-state index in [-0.39, 0.29) is 34.8 Å². The van der Waals surface area contributed by atoms with Gasteiger partial charge in [0.25, 0.3) is 0 Å². The number of nitrogens with one attached hydrogen (secondary N) is 2. The molecule has 0 unspecified atom stereocenters. The lowest BCUT2D eigenvalue weighted by atomic mass is 9.84. The summed E-state index contributed by atoms with van der Waals surface area (Å²) in [7, 11) is 1.68. The number of ether oxygens (including phenoxy) is 1. The Morgan fingerprint density at radius 1 is 1.10 bits per heavy atom. The Hall–Kier alpha value is -1.77. The molecule has 0 spiro atoms. The number of aromatic nitrogens is 1. The molecule has 7 heteroatoms. The second-order valence-electron chi connectivity index (χ2n) is 8.53. The maximum absolute atomic E-state index is 5.83. The van der Waals surface area contributed by atoms with Crippen molar-refractivity contribution in [3.63, 3.8) is 0 Å². The van der Waals surface area contributed by atoms with Gasteiger partial charge >= 0.3 is 0 Å². The zero-order valence-electron chi connectivity index (χ0n) is 18.6. The fourth-order valence-corrected chi connectivity index (χ4v) is 2.67. The molecule has 0 aliphatic carbocycles. The van der Waals surface area contributed by atoms with Gasteiger partial charge in [-0.1, -0.05) is 46.8 Å². The Bertz CT molecular complexity index is 777. The van der Waals surface area contributed by atoms with Crippen LogP contribution in [0.5, 0.6) is 5.75 Å². The molecule has 2 rings (SSSR count). The number of hydrogen-bond donors (Lipinski definition) is 2. The Morgan fingerprint density at radius 2 is 1.76 bits per heavy atom. The highest BCUT2D eigenvalue weighted by Gasteiger charge is 2.21. The average molecular weight is 514 g/mol. The molecule has 2 N–H and O–H groups in total. The van der Waals surface area contributed by atoms with Crippen molar-refractivity contribution in [1.82, 2.24) is 15.6 Å². The van der Waals surface area contributed by atoms with Crippen molar-refractivity contribution in [1.29, 1.82) is 0 Å². The predicted molar refractivity (Wildman–Crippen MR) is 129 cm³/mol. The molecule has 0 aliphatic heterocycles. The molecule has 0 radical (unpaired) electrons. The highest BCUT2D eigenvalue weighted by molar-refractivity contribution is 14.0. The molecule has 0 saturated carbocycles. The van der Waals surface area contributed by atoms with Crippen molar-refractivity contribution in [2.75, 3.05) is 20.2 Å². The molecule has 29 heavy (non-hydrogen) atoms. The number of aliphatic imine (C=N–C) groups is 1. The van der Waals surface area contributed by atoms with Gasteiger partial charge in [0.15, 0.2) is 5.96 Å². The first-order chi connectivity index (χ1) is 13.2. The maximum Gasteiger partial charge on any atom is 0.216 e. The highest BCUT2D eigenvalue weighted by Crippen LogP contribution is 2.25. The third kappa shape index (κ3) is 7.53. The number of oxazole rings is 1. The van der Waals surface area contributed by atoms with Gasteiger partial charge in [0.1, 0.15) is 18.1 Å². The number of hydrogen-bond acceptors (Lipinski definition) is 4. The van der Waals surface area contributed by atoms with E-state index in [1.165, 1.54) is 5.56 Å². The van der Waals surface area contributed by atoms with E-state index >= 15 is 0 Å². The SMILES string of the molecule is CCNC(=NCc1ncc(C(C)(C)C)o1)NCC(C)(C)c1ccc(OC)cc1.I. The maximum atomic E-state index is 5.83. The molecule has 1 aromatic heterocycles. The molecule has 2 aromatic rings. The number of methoxy groups -OCH3 is 1. The number of guanidine groups is 1. The molecule has 6 nitrogen and oxygen atoms in total. The second-order valence-corrected chi connectivity index (χ2v) is 8.53. The minimum atomic E-state index is -0.0647. The number of benzene rings is 1. The minimum absolute atomic E-state index is 0. The highest BCUT2D eigenvalue weighted by atomic mass is 127. The van der Waals surface area contributed by atoms with Crippen molar-refractivity contribution in [2.45, 2.75) is 58.9 Å². The van der Waals surface area contributed by atoms with Crippen molar-refractivity contribution in [3.8, 4) is 5.75 Å². The van der Waals surface area contributed by atoms with Crippen LogP contribution >= 0.6 is 24.0 Å². The zero-order valence-corrected chi connectivity index (χ0v) is 21.0. The van der Waals surface area contributed by atoms with Crippen molar-refractivity contribution in [2.24, 2.45) is 4.99 Å². The summed E-state index contributed by atoms with van der Waals surface area (Å²) in [5.41, 5.74) is 1.12. The van der Waals surface area contributed by atoms with Crippen molar-refractivity contribution >= 4 is 29.9 Å². The number of halogens is 1. The average Bonchev–Trinajstić information content (AvgIpc) is 3.13. The minimum Gasteiger partial charge on any atom is -0.497 e. The standard InChI is InChI=1S/C22H34N4O2.HI/c1-8-23-20(25-14-19-24-13-18(28-19)21(2,3)4)26-15-22(5,6)16-9-11-17(27-7)12-10-16;/h9-13H,8,14-15H2,1-7H3,(H2,23,25,26);1H. The summed E-state index contributed by atoms with van der Waals surface area (Å²) in [5, 5.41) is 6.72. The quantitative estimate of drug-likeness (QED) is 0.320. The normalized spacial score (nSPS) is 12.3. The molecular formula is C22H35IN4O2. The predicted octanol–water partition coefficient (Wildman–Crippen LogP) is 4.63. The first kappa shape index (κ1) is 25.3. The summed E-state index contributed by atoms with van der Waals surface area (Å²) in [6, 6.07) is 8.19. The zero-order chi connectivity index (χ0) is 20.8. The van der Waals surface area contributed by atoms with Gasteiger partial charge in [0, 0.05) is 23.9 Å². The Balaban J connectivity index is 0.00000420. The molecule has 162 valence electrons. The summed E-state index contributed by atoms with van der Waals surface area (Å²) in [6.45, 7) is 14.7. The van der Waals surface area contributed by atoms with E-state index in [0.717, 1.165) is 30.6 Å². The van der Waals surface area contributed by atoms with Gasteiger partial charge in [-0.05, 0) is 24.6 Å². The van der Waals surface area contributed by atoms with Crippen LogP contribution in [0.4, 0.5) is 0 Å². The fraction of sp³-hybridized carbons (Fsp3) is 0.545. The van der Waals surface area contributed by atoms with Gasteiger partial charge in [-0.15, -0.1) is 24.0 Å². The molecule has 1 heterocycles. The number of nitrogens with zero attached hydrogens (tertiary/aromatic N) is 2. The van der Waals surface area contributed by atoms with Crippen LogP contribution in [-0.4, -0.2) is 31.1 Å². The van der Waals surface area contributed by atoms with Crippen molar-refractivity contribution < 1.29 is 9.15 Å². The largest absolute Gasteiger partial charge is 0.497 e. The Morgan fingerprint density at radius 3 is 2.28 bits per heavy atom. The van der Waals surface area contributed by atoms with Crippen LogP contribution < -0.4 is 15.4 Å². The van der Waals surface area contributed by atoms with E-state index in [4.69, 9.17) is 9.15 Å². The summed E-state index contributed by atoms with van der Waals surface area (Å²) >= 11 is 0. The molecule has 0 amide bonds. The summed E-state index contributed by atoms with van der Waals surface area (Å²) < 4.78 is 11.1. The first-order valence-corrected chi connectivity index (χ1v) is 9.77. The second kappa shape index (κ2) is 10.8. The van der Waals surface area contributed by atoms with Gasteiger partial charge in [0.2, 0.25) is 5.89 Å². The van der Waals surface area contributed by atoms with Crippen LogP contribution in [0, 0.1) is 0 Å². The van der Waals surface area contributed by atoms with E-state index in [9.17, 15) is 0 Å². The first-order valence-electron chi connectivity index (χ1n) is 9.77. The van der Waals surface area contributed by atoms with Crippen LogP contribution in [-0.2, 0) is 17.4 Å². The molecule has 0 fully saturated rings. The van der Waals surface area contributed by atoms with E-state index in [2.05, 4.69) is 74.3 Å². The van der Waals surface area contributed by atoms with Gasteiger partial charge in [0.05, 0.1) is 13.3 Å². The van der Waals surface area contributed by atoms with Gasteiger partial charge in [-0.2, -0.15) is 0 Å². The molecule has 0 saturated heterocycles. The van der Waals surface area contributed by atoms with E-state index in [0.29, 0.717) is 12.4 Å². The molecule has 0 bridgehead atoms. The molecule has 1 aromatic carbocycles. The van der Waals surface area contributed by atoms with Gasteiger partial charge in [-0.25, -0.2) is 9.98 Å². The lowest BCUT2D eigenvalue weighted by Crippen LogP contribution is -2.43. The van der Waals surface area contributed by atoms with Gasteiger partial charge < -0.3 is 19.8 Å². The van der Waals surface area contributed by atoms with E-state index in [1.807, 2.05) is 12.1 Å². The Kier molecular flexibility index (Phi) is 9.45. The lowest BCUT2D eigenvalue weighted by molar-refractivity contribution is 0.383. The summed E-state index contributed by atoms with van der Waals surface area (Å²) in [5.74, 6) is 3.11. The molecule has 0 atom stereocenters. The number of rotatable bonds is 7. The van der Waals surface area contributed by atoms with E-state index in [1.54, 1.807) is 13.3 Å². The van der Waals surface area contributed by atoms with Crippen LogP contribution in [0.1, 0.15) is 58.8 Å². The van der Waals surface area contributed by atoms with Crippen LogP contribution in [0.2, 0.25) is 0 Å². The van der Waals surface area contributed by atoms with Crippen molar-refractivity contribution in [3.05, 3.63) is 47.7 Å². The monoisotopic (exact) mass is 514 g/mol. The fourth-order valence-electron chi connectivity index (χ4n) is 2.67. The summed E-state index contributed by atoms with van der Waals surface area (Å²) in [6.07, 6.45) is 1.79.